The third-order valence-electron chi connectivity index (χ3n) is 7.15. The van der Waals surface area contributed by atoms with Gasteiger partial charge in [0.1, 0.15) is 17.5 Å². The van der Waals surface area contributed by atoms with E-state index in [0.29, 0.717) is 24.7 Å². The Hall–Kier alpha value is -2.20. The van der Waals surface area contributed by atoms with Crippen LogP contribution in [0.5, 0.6) is 0 Å². The molecular formula is C24H40N4O5Si. The third-order valence-corrected chi connectivity index (χ3v) is 11.6. The van der Waals surface area contributed by atoms with E-state index in [9.17, 15) is 14.9 Å². The zero-order valence-electron chi connectivity index (χ0n) is 21.8. The first kappa shape index (κ1) is 26.4. The number of alkyl carbamates (subject to hydrolysis) is 1. The van der Waals surface area contributed by atoms with E-state index in [1.165, 1.54) is 6.20 Å². The molecule has 3 rings (SSSR count). The number of nitrogens with zero attached hydrogens (tertiary/aromatic N) is 3. The van der Waals surface area contributed by atoms with Crippen LogP contribution in [0.4, 0.5) is 16.2 Å². The van der Waals surface area contributed by atoms with Gasteiger partial charge in [0.15, 0.2) is 8.32 Å². The molecule has 1 aromatic heterocycles. The van der Waals surface area contributed by atoms with Crippen LogP contribution in [-0.4, -0.2) is 55.2 Å². The van der Waals surface area contributed by atoms with Crippen molar-refractivity contribution >= 4 is 25.8 Å². The van der Waals surface area contributed by atoms with E-state index < -0.39 is 24.9 Å². The molecule has 3 atom stereocenters. The van der Waals surface area contributed by atoms with Crippen molar-refractivity contribution in [2.24, 2.45) is 11.8 Å². The van der Waals surface area contributed by atoms with Gasteiger partial charge in [0.05, 0.1) is 17.1 Å². The molecule has 9 nitrogen and oxygen atoms in total. The monoisotopic (exact) mass is 492 g/mol. The lowest BCUT2D eigenvalue weighted by atomic mass is 9.86. The van der Waals surface area contributed by atoms with Crippen LogP contribution in [0.2, 0.25) is 18.1 Å². The van der Waals surface area contributed by atoms with E-state index in [-0.39, 0.29) is 28.8 Å². The van der Waals surface area contributed by atoms with Crippen LogP contribution < -0.4 is 10.2 Å². The highest BCUT2D eigenvalue weighted by Gasteiger charge is 2.50. The average molecular weight is 493 g/mol. The number of nitro groups is 1. The van der Waals surface area contributed by atoms with Crippen molar-refractivity contribution in [2.75, 3.05) is 18.0 Å². The van der Waals surface area contributed by atoms with E-state index >= 15 is 0 Å². The molecule has 10 heteroatoms. The van der Waals surface area contributed by atoms with Gasteiger partial charge in [0.25, 0.3) is 0 Å². The van der Waals surface area contributed by atoms with Crippen molar-refractivity contribution in [3.63, 3.8) is 0 Å². The molecular weight excluding hydrogens is 452 g/mol. The highest BCUT2D eigenvalue weighted by molar-refractivity contribution is 6.74. The number of hydrogen-bond donors (Lipinski definition) is 1. The molecule has 1 amide bonds. The van der Waals surface area contributed by atoms with Gasteiger partial charge in [-0.15, -0.1) is 0 Å². The highest BCUT2D eigenvalue weighted by atomic mass is 28.4. The zero-order chi connectivity index (χ0) is 25.5. The number of ether oxygens (including phenoxy) is 1. The summed E-state index contributed by atoms with van der Waals surface area (Å²) < 4.78 is 12.5. The minimum atomic E-state index is -2.15. The summed E-state index contributed by atoms with van der Waals surface area (Å²) in [6, 6.07) is 1.32. The van der Waals surface area contributed by atoms with E-state index in [0.717, 1.165) is 12.8 Å². The van der Waals surface area contributed by atoms with Gasteiger partial charge < -0.3 is 19.4 Å². The number of piperidine rings is 1. The number of hydrogen-bond acceptors (Lipinski definition) is 7. The molecule has 0 bridgehead atoms. The van der Waals surface area contributed by atoms with E-state index in [2.05, 4.69) is 44.2 Å². The molecule has 1 aromatic rings. The maximum Gasteiger partial charge on any atom is 0.408 e. The van der Waals surface area contributed by atoms with Crippen LogP contribution in [0, 0.1) is 22.0 Å². The lowest BCUT2D eigenvalue weighted by molar-refractivity contribution is -0.384. The van der Waals surface area contributed by atoms with Gasteiger partial charge in [-0.25, -0.2) is 4.79 Å². The second-order valence-corrected chi connectivity index (χ2v) is 16.9. The van der Waals surface area contributed by atoms with Gasteiger partial charge in [-0.3, -0.25) is 15.1 Å². The van der Waals surface area contributed by atoms with E-state index in [4.69, 9.17) is 9.16 Å². The lowest BCUT2D eigenvalue weighted by Gasteiger charge is -2.49. The molecule has 2 fully saturated rings. The van der Waals surface area contributed by atoms with Crippen molar-refractivity contribution in [2.45, 2.75) is 90.3 Å². The minimum absolute atomic E-state index is 0.0125. The fraction of sp³-hybridized carbons (Fsp3) is 0.750. The Morgan fingerprint density at radius 1 is 1.21 bits per heavy atom. The van der Waals surface area contributed by atoms with Crippen LogP contribution in [-0.2, 0) is 9.16 Å². The number of amides is 1. The molecule has 0 unspecified atom stereocenters. The fourth-order valence-electron chi connectivity index (χ4n) is 4.27. The van der Waals surface area contributed by atoms with Gasteiger partial charge >= 0.3 is 11.8 Å². The maximum absolute atomic E-state index is 12.8. The van der Waals surface area contributed by atoms with Crippen molar-refractivity contribution in [1.29, 1.82) is 0 Å². The van der Waals surface area contributed by atoms with Crippen LogP contribution in [0.1, 0.15) is 54.4 Å². The first-order chi connectivity index (χ1) is 15.6. The first-order valence-corrected chi connectivity index (χ1v) is 15.0. The Kier molecular flexibility index (Phi) is 7.34. The maximum atomic E-state index is 12.8. The standard InChI is InChI=1S/C24H40N4O5Si/c1-23(2,3)32-22(29)26-18-15-27(19-11-12-25-13-20(19)28(30)31)14-17(16-9-10-16)21(18)33-34(7,8)24(4,5)6/h11-13,16-18,21H,9-10,14-15H2,1-8H3,(H,26,29)/t17-,18-,21-/m1/s1. The molecule has 1 saturated carbocycles. The summed E-state index contributed by atoms with van der Waals surface area (Å²) in [5, 5.41) is 14.8. The SMILES string of the molecule is CC(C)(C)OC(=O)N[C@@H]1CN(c2ccncc2[N+](=O)[O-])C[C@H](C2CC2)[C@H]1O[Si](C)(C)C(C)(C)C. The summed E-state index contributed by atoms with van der Waals surface area (Å²) in [6.45, 7) is 17.6. The van der Waals surface area contributed by atoms with Gasteiger partial charge in [0.2, 0.25) is 0 Å². The molecule has 34 heavy (non-hydrogen) atoms. The zero-order valence-corrected chi connectivity index (χ0v) is 22.8. The molecule has 0 aromatic carbocycles. The lowest BCUT2D eigenvalue weighted by Crippen LogP contribution is -2.63. The van der Waals surface area contributed by atoms with Crippen LogP contribution in [0.15, 0.2) is 18.5 Å². The van der Waals surface area contributed by atoms with Crippen molar-refractivity contribution in [1.82, 2.24) is 10.3 Å². The molecule has 0 spiro atoms. The second-order valence-electron chi connectivity index (χ2n) is 12.1. The van der Waals surface area contributed by atoms with Gasteiger partial charge in [0, 0.05) is 25.2 Å². The fourth-order valence-corrected chi connectivity index (χ4v) is 5.64. The van der Waals surface area contributed by atoms with Crippen LogP contribution in [0.25, 0.3) is 0 Å². The molecule has 2 aliphatic rings. The Bertz CT molecular complexity index is 907. The summed E-state index contributed by atoms with van der Waals surface area (Å²) in [7, 11) is -2.15. The normalized spacial score (nSPS) is 24.0. The van der Waals surface area contributed by atoms with Crippen molar-refractivity contribution in [3.8, 4) is 0 Å². The minimum Gasteiger partial charge on any atom is -0.444 e. The first-order valence-electron chi connectivity index (χ1n) is 12.1. The number of aromatic nitrogens is 1. The topological polar surface area (TPSA) is 107 Å². The summed E-state index contributed by atoms with van der Waals surface area (Å²) >= 11 is 0. The van der Waals surface area contributed by atoms with Crippen molar-refractivity contribution in [3.05, 3.63) is 28.6 Å². The molecule has 2 heterocycles. The predicted octanol–water partition coefficient (Wildman–Crippen LogP) is 5.12. The number of carbonyl (C=O) groups is 1. The van der Waals surface area contributed by atoms with Crippen LogP contribution in [0.3, 0.4) is 0 Å². The Labute approximate surface area is 203 Å². The number of nitrogens with one attached hydrogen (secondary N) is 1. The van der Waals surface area contributed by atoms with E-state index in [1.54, 1.807) is 12.3 Å². The number of rotatable bonds is 6. The number of pyridine rings is 1. The van der Waals surface area contributed by atoms with Crippen molar-refractivity contribution < 1.29 is 18.9 Å². The summed E-state index contributed by atoms with van der Waals surface area (Å²) in [4.78, 5) is 30.1. The molecule has 190 valence electrons. The molecule has 1 saturated heterocycles. The largest absolute Gasteiger partial charge is 0.444 e. The van der Waals surface area contributed by atoms with Crippen LogP contribution >= 0.6 is 0 Å². The quantitative estimate of drug-likeness (QED) is 0.334. The number of carbonyl (C=O) groups excluding carboxylic acids is 1. The van der Waals surface area contributed by atoms with Gasteiger partial charge in [-0.1, -0.05) is 20.8 Å². The third kappa shape index (κ3) is 6.27. The predicted molar refractivity (Wildman–Crippen MR) is 135 cm³/mol. The second kappa shape index (κ2) is 9.45. The molecule has 1 aliphatic heterocycles. The average Bonchev–Trinajstić information content (AvgIpc) is 3.51. The Balaban J connectivity index is 1.97. The summed E-state index contributed by atoms with van der Waals surface area (Å²) in [6.07, 6.45) is 4.39. The smallest absolute Gasteiger partial charge is 0.408 e. The molecule has 0 radical (unpaired) electrons. The molecule has 1 N–H and O–H groups in total. The Morgan fingerprint density at radius 3 is 2.38 bits per heavy atom. The Morgan fingerprint density at radius 2 is 1.85 bits per heavy atom. The molecule has 1 aliphatic carbocycles. The van der Waals surface area contributed by atoms with Gasteiger partial charge in [-0.2, -0.15) is 0 Å². The summed E-state index contributed by atoms with van der Waals surface area (Å²) in [5.74, 6) is 0.622. The van der Waals surface area contributed by atoms with E-state index in [1.807, 2.05) is 25.7 Å². The number of anilines is 1. The highest BCUT2D eigenvalue weighted by Crippen LogP contribution is 2.46. The van der Waals surface area contributed by atoms with Gasteiger partial charge in [-0.05, 0) is 63.7 Å². The summed E-state index contributed by atoms with van der Waals surface area (Å²) in [5.41, 5.74) is -0.141.